The van der Waals surface area contributed by atoms with Crippen molar-refractivity contribution in [1.29, 1.82) is 0 Å². The van der Waals surface area contributed by atoms with Crippen LogP contribution in [0, 0.1) is 11.3 Å². The molecule has 42 heavy (non-hydrogen) atoms. The number of hydrogen-bond donors (Lipinski definition) is 4. The second-order valence-corrected chi connectivity index (χ2v) is 13.9. The van der Waals surface area contributed by atoms with Crippen LogP contribution in [0.5, 0.6) is 11.5 Å². The van der Waals surface area contributed by atoms with Crippen molar-refractivity contribution < 1.29 is 32.6 Å². The summed E-state index contributed by atoms with van der Waals surface area (Å²) >= 11 is 0. The van der Waals surface area contributed by atoms with Crippen LogP contribution in [0.2, 0.25) is 0 Å². The summed E-state index contributed by atoms with van der Waals surface area (Å²) in [6, 6.07) is 12.0. The molecule has 11 nitrogen and oxygen atoms in total. The van der Waals surface area contributed by atoms with Gasteiger partial charge in [-0.3, -0.25) is 9.59 Å². The zero-order valence-corrected chi connectivity index (χ0v) is 26.0. The predicted octanol–water partition coefficient (Wildman–Crippen LogP) is 1.90. The number of fused-ring (bicyclic) bond motifs is 1. The molecule has 0 saturated carbocycles. The van der Waals surface area contributed by atoms with Crippen LogP contribution in [0.3, 0.4) is 0 Å². The molecule has 0 bridgehead atoms. The summed E-state index contributed by atoms with van der Waals surface area (Å²) in [5, 5.41) is 20.0. The molecule has 3 rings (SSSR count). The smallest absolute Gasteiger partial charge is 0.243 e. The van der Waals surface area contributed by atoms with Crippen molar-refractivity contribution in [3.05, 3.63) is 54.1 Å². The molecule has 1 heterocycles. The van der Waals surface area contributed by atoms with Gasteiger partial charge < -0.3 is 30.5 Å². The molecule has 4 N–H and O–H groups in total. The summed E-state index contributed by atoms with van der Waals surface area (Å²) in [4.78, 5) is 26.0. The van der Waals surface area contributed by atoms with Gasteiger partial charge in [0.15, 0.2) is 11.5 Å². The van der Waals surface area contributed by atoms with E-state index in [9.17, 15) is 23.1 Å². The van der Waals surface area contributed by atoms with Gasteiger partial charge in [0.25, 0.3) is 0 Å². The molecule has 0 spiro atoms. The summed E-state index contributed by atoms with van der Waals surface area (Å²) in [5.41, 5.74) is 0.213. The summed E-state index contributed by atoms with van der Waals surface area (Å²) < 4.78 is 39.6. The second-order valence-electron chi connectivity index (χ2n) is 12.0. The van der Waals surface area contributed by atoms with Crippen molar-refractivity contribution >= 4 is 21.8 Å². The fraction of sp³-hybridized carbons (Fsp3) is 0.533. The van der Waals surface area contributed by atoms with Crippen molar-refractivity contribution in [1.82, 2.24) is 20.3 Å². The van der Waals surface area contributed by atoms with E-state index >= 15 is 0 Å². The van der Waals surface area contributed by atoms with E-state index in [1.807, 2.05) is 65.0 Å². The molecule has 0 unspecified atom stereocenters. The van der Waals surface area contributed by atoms with Crippen LogP contribution < -0.4 is 25.4 Å². The topological polar surface area (TPSA) is 146 Å². The number of ether oxygens (including phenoxy) is 2. The fourth-order valence-corrected chi connectivity index (χ4v) is 6.30. The van der Waals surface area contributed by atoms with Crippen LogP contribution in [0.4, 0.5) is 0 Å². The SMILES string of the molecule is CNCC(=O)N[C@H](C(=O)N[C@@H](Cc1ccccc1)[C@H](O)CN(CC(C)C)S(=O)(=O)c1ccc2c(c1)OCO2)C(C)(C)C. The molecule has 2 amide bonds. The Hall–Kier alpha value is -3.19. The molecule has 3 atom stereocenters. The van der Waals surface area contributed by atoms with E-state index < -0.39 is 39.5 Å². The van der Waals surface area contributed by atoms with E-state index in [-0.39, 0.29) is 49.6 Å². The monoisotopic (exact) mass is 604 g/mol. The highest BCUT2D eigenvalue weighted by atomic mass is 32.2. The Labute approximate surface area is 249 Å². The third-order valence-corrected chi connectivity index (χ3v) is 8.63. The lowest BCUT2D eigenvalue weighted by atomic mass is 9.85. The van der Waals surface area contributed by atoms with Crippen LogP contribution in [-0.2, 0) is 26.0 Å². The zero-order valence-electron chi connectivity index (χ0n) is 25.2. The average Bonchev–Trinajstić information content (AvgIpc) is 3.39. The number of carbonyl (C=O) groups is 2. The molecular weight excluding hydrogens is 560 g/mol. The number of amides is 2. The number of sulfonamides is 1. The van der Waals surface area contributed by atoms with Crippen molar-refractivity contribution in [3.8, 4) is 11.5 Å². The lowest BCUT2D eigenvalue weighted by molar-refractivity contribution is -0.132. The van der Waals surface area contributed by atoms with Crippen molar-refractivity contribution in [2.45, 2.75) is 64.1 Å². The second kappa shape index (κ2) is 14.3. The van der Waals surface area contributed by atoms with Gasteiger partial charge in [-0.1, -0.05) is 65.0 Å². The minimum Gasteiger partial charge on any atom is -0.454 e. The van der Waals surface area contributed by atoms with E-state index in [0.29, 0.717) is 11.5 Å². The molecule has 1 aliphatic heterocycles. The molecule has 0 radical (unpaired) electrons. The largest absolute Gasteiger partial charge is 0.454 e. The van der Waals surface area contributed by atoms with E-state index in [2.05, 4.69) is 16.0 Å². The van der Waals surface area contributed by atoms with Gasteiger partial charge in [0, 0.05) is 19.2 Å². The Balaban J connectivity index is 1.90. The third kappa shape index (κ3) is 8.90. The molecule has 0 saturated heterocycles. The maximum Gasteiger partial charge on any atom is 0.243 e. The predicted molar refractivity (Wildman–Crippen MR) is 160 cm³/mol. The molecule has 12 heteroatoms. The first kappa shape index (κ1) is 33.3. The summed E-state index contributed by atoms with van der Waals surface area (Å²) in [5.74, 6) is -0.0587. The van der Waals surface area contributed by atoms with Crippen LogP contribution in [0.15, 0.2) is 53.4 Å². The maximum atomic E-state index is 13.8. The molecule has 2 aromatic rings. The lowest BCUT2D eigenvalue weighted by Crippen LogP contribution is -2.59. The quantitative estimate of drug-likeness (QED) is 0.256. The number of nitrogens with one attached hydrogen (secondary N) is 3. The molecule has 0 aliphatic carbocycles. The Bertz CT molecular complexity index is 1310. The third-order valence-electron chi connectivity index (χ3n) is 6.80. The normalized spacial score (nSPS) is 15.4. The maximum absolute atomic E-state index is 13.8. The highest BCUT2D eigenvalue weighted by Gasteiger charge is 2.37. The first-order chi connectivity index (χ1) is 19.7. The number of aliphatic hydroxyl groups excluding tert-OH is 1. The van der Waals surface area contributed by atoms with E-state index in [0.717, 1.165) is 5.56 Å². The molecule has 0 aromatic heterocycles. The van der Waals surface area contributed by atoms with Crippen molar-refractivity contribution in [3.63, 3.8) is 0 Å². The first-order valence-corrected chi connectivity index (χ1v) is 15.5. The van der Waals surface area contributed by atoms with E-state index in [1.54, 1.807) is 13.1 Å². The average molecular weight is 605 g/mol. The number of nitrogens with zero attached hydrogens (tertiary/aromatic N) is 1. The number of likely N-dealkylation sites (N-methyl/N-ethyl adjacent to an activating group) is 1. The Morgan fingerprint density at radius 3 is 2.29 bits per heavy atom. The van der Waals surface area contributed by atoms with Gasteiger partial charge in [-0.05, 0) is 42.5 Å². The van der Waals surface area contributed by atoms with Crippen LogP contribution in [-0.4, -0.2) is 81.3 Å². The summed E-state index contributed by atoms with van der Waals surface area (Å²) in [6.07, 6.45) is -1.03. The van der Waals surface area contributed by atoms with Gasteiger partial charge in [0.2, 0.25) is 28.6 Å². The first-order valence-electron chi connectivity index (χ1n) is 14.1. The van der Waals surface area contributed by atoms with Gasteiger partial charge in [-0.2, -0.15) is 4.31 Å². The zero-order chi connectivity index (χ0) is 31.1. The molecule has 2 aromatic carbocycles. The summed E-state index contributed by atoms with van der Waals surface area (Å²) in [6.45, 7) is 9.21. The van der Waals surface area contributed by atoms with Gasteiger partial charge in [-0.25, -0.2) is 8.42 Å². The number of aliphatic hydroxyl groups is 1. The van der Waals surface area contributed by atoms with Crippen LogP contribution in [0.1, 0.15) is 40.2 Å². The minimum atomic E-state index is -4.05. The minimum absolute atomic E-state index is 0.0130. The fourth-order valence-electron chi connectivity index (χ4n) is 4.67. The van der Waals surface area contributed by atoms with Crippen LogP contribution >= 0.6 is 0 Å². The number of rotatable bonds is 14. The number of carbonyl (C=O) groups excluding carboxylic acids is 2. The molecule has 1 aliphatic rings. The Kier molecular flexibility index (Phi) is 11.4. The van der Waals surface area contributed by atoms with E-state index in [1.165, 1.54) is 16.4 Å². The standard InChI is InChI=1S/C30H44N4O7S/c1-20(2)17-34(42(38,39)22-12-13-25-26(15-22)41-19-40-25)18-24(35)23(14-21-10-8-7-9-11-21)32-29(37)28(30(3,4)5)33-27(36)16-31-6/h7-13,15,20,23-24,28,31,35H,14,16-19H2,1-6H3,(H,32,37)(H,33,36)/t23-,24+,28+/m0/s1. The molecular formula is C30H44N4O7S. The highest BCUT2D eigenvalue weighted by molar-refractivity contribution is 7.89. The van der Waals surface area contributed by atoms with Crippen LogP contribution in [0.25, 0.3) is 0 Å². The van der Waals surface area contributed by atoms with Crippen molar-refractivity contribution in [2.24, 2.45) is 11.3 Å². The van der Waals surface area contributed by atoms with Gasteiger partial charge in [0.1, 0.15) is 6.04 Å². The highest BCUT2D eigenvalue weighted by Crippen LogP contribution is 2.35. The molecule has 0 fully saturated rings. The van der Waals surface area contributed by atoms with E-state index in [4.69, 9.17) is 9.47 Å². The number of hydrogen-bond acceptors (Lipinski definition) is 8. The Morgan fingerprint density at radius 1 is 1.00 bits per heavy atom. The Morgan fingerprint density at radius 2 is 1.67 bits per heavy atom. The van der Waals surface area contributed by atoms with Gasteiger partial charge >= 0.3 is 0 Å². The van der Waals surface area contributed by atoms with Gasteiger partial charge in [-0.15, -0.1) is 0 Å². The van der Waals surface area contributed by atoms with Crippen molar-refractivity contribution in [2.75, 3.05) is 33.5 Å². The van der Waals surface area contributed by atoms with Gasteiger partial charge in [0.05, 0.1) is 23.6 Å². The molecule has 232 valence electrons. The lowest BCUT2D eigenvalue weighted by Gasteiger charge is -2.34. The summed E-state index contributed by atoms with van der Waals surface area (Å²) in [7, 11) is -2.41. The number of benzene rings is 2.